The Morgan fingerprint density at radius 3 is 2.38 bits per heavy atom. The molecule has 32 heavy (non-hydrogen) atoms. The SMILES string of the molecule is Cc1ccc(-c2ncc(C)c3c2sc2c4ccc(C5(O)CCCCC5)cc4ccc23)cc1. The fourth-order valence-electron chi connectivity index (χ4n) is 5.36. The number of aliphatic hydroxyl groups is 1. The third-order valence-electron chi connectivity index (χ3n) is 7.21. The van der Waals surface area contributed by atoms with Crippen molar-refractivity contribution >= 4 is 42.3 Å². The Morgan fingerprint density at radius 2 is 1.59 bits per heavy atom. The second-order valence-electron chi connectivity index (χ2n) is 9.43. The standard InChI is InChI=1S/C29H27NOS/c1-18-6-8-20(9-7-18)26-28-25(19(2)17-30-26)24-12-10-21-16-22(11-13-23(21)27(24)32-28)29(31)14-4-3-5-15-29/h6-13,16-17,31H,3-5,14-15H2,1-2H3. The zero-order valence-corrected chi connectivity index (χ0v) is 19.4. The van der Waals surface area contributed by atoms with Crippen molar-refractivity contribution < 1.29 is 5.11 Å². The zero-order valence-electron chi connectivity index (χ0n) is 18.6. The molecule has 1 saturated carbocycles. The molecule has 3 heteroatoms. The molecule has 0 bridgehead atoms. The number of benzene rings is 3. The summed E-state index contributed by atoms with van der Waals surface area (Å²) in [6, 6.07) is 19.7. The molecule has 2 nitrogen and oxygen atoms in total. The molecule has 0 saturated heterocycles. The van der Waals surface area contributed by atoms with Crippen molar-refractivity contribution in [2.75, 3.05) is 0 Å². The summed E-state index contributed by atoms with van der Waals surface area (Å²) in [4.78, 5) is 4.84. The molecule has 1 aliphatic carbocycles. The normalized spacial score (nSPS) is 16.2. The van der Waals surface area contributed by atoms with Crippen LogP contribution in [0.15, 0.2) is 60.8 Å². The molecule has 0 unspecified atom stereocenters. The summed E-state index contributed by atoms with van der Waals surface area (Å²) in [5.74, 6) is 0. The Bertz CT molecular complexity index is 1470. The number of aryl methyl sites for hydroxylation is 2. The lowest BCUT2D eigenvalue weighted by Crippen LogP contribution is -2.28. The molecule has 160 valence electrons. The summed E-state index contributed by atoms with van der Waals surface area (Å²) in [5, 5.41) is 16.3. The molecule has 3 aromatic carbocycles. The minimum Gasteiger partial charge on any atom is -0.385 e. The molecule has 1 fully saturated rings. The smallest absolute Gasteiger partial charge is 0.0896 e. The molecule has 1 aliphatic rings. The fraction of sp³-hybridized carbons (Fsp3) is 0.276. The second-order valence-corrected chi connectivity index (χ2v) is 10.5. The topological polar surface area (TPSA) is 33.1 Å². The quantitative estimate of drug-likeness (QED) is 0.303. The highest BCUT2D eigenvalue weighted by atomic mass is 32.1. The number of pyridine rings is 1. The van der Waals surface area contributed by atoms with Crippen LogP contribution in [0.3, 0.4) is 0 Å². The van der Waals surface area contributed by atoms with Crippen LogP contribution in [-0.2, 0) is 5.60 Å². The van der Waals surface area contributed by atoms with Crippen molar-refractivity contribution in [1.82, 2.24) is 4.98 Å². The molecule has 1 N–H and O–H groups in total. The highest BCUT2D eigenvalue weighted by Gasteiger charge is 2.31. The maximum atomic E-state index is 11.2. The molecule has 6 rings (SSSR count). The van der Waals surface area contributed by atoms with Gasteiger partial charge in [-0.25, -0.2) is 0 Å². The largest absolute Gasteiger partial charge is 0.385 e. The van der Waals surface area contributed by atoms with Gasteiger partial charge in [0.05, 0.1) is 16.0 Å². The third-order valence-corrected chi connectivity index (χ3v) is 8.46. The fourth-order valence-corrected chi connectivity index (χ4v) is 6.78. The molecule has 5 aromatic rings. The molecular formula is C29H27NOS. The van der Waals surface area contributed by atoms with Gasteiger partial charge in [-0.15, -0.1) is 11.3 Å². The summed E-state index contributed by atoms with van der Waals surface area (Å²) in [6.07, 6.45) is 7.20. The van der Waals surface area contributed by atoms with Gasteiger partial charge in [0.25, 0.3) is 0 Å². The van der Waals surface area contributed by atoms with Crippen molar-refractivity contribution in [3.8, 4) is 11.3 Å². The van der Waals surface area contributed by atoms with Crippen LogP contribution in [0.5, 0.6) is 0 Å². The van der Waals surface area contributed by atoms with Crippen molar-refractivity contribution in [2.45, 2.75) is 51.6 Å². The van der Waals surface area contributed by atoms with Crippen molar-refractivity contribution in [1.29, 1.82) is 0 Å². The molecule has 0 radical (unpaired) electrons. The maximum absolute atomic E-state index is 11.2. The number of fused-ring (bicyclic) bond motifs is 5. The maximum Gasteiger partial charge on any atom is 0.0896 e. The number of hydrogen-bond acceptors (Lipinski definition) is 3. The van der Waals surface area contributed by atoms with Gasteiger partial charge in [-0.2, -0.15) is 0 Å². The van der Waals surface area contributed by atoms with E-state index in [0.717, 1.165) is 36.9 Å². The Balaban J connectivity index is 1.58. The Hall–Kier alpha value is -2.75. The van der Waals surface area contributed by atoms with E-state index in [0.29, 0.717) is 0 Å². The summed E-state index contributed by atoms with van der Waals surface area (Å²) in [6.45, 7) is 4.28. The van der Waals surface area contributed by atoms with Gasteiger partial charge in [-0.05, 0) is 54.7 Å². The van der Waals surface area contributed by atoms with Gasteiger partial charge in [-0.3, -0.25) is 4.98 Å². The highest BCUT2D eigenvalue weighted by molar-refractivity contribution is 7.27. The van der Waals surface area contributed by atoms with E-state index in [1.54, 1.807) is 0 Å². The number of hydrogen-bond donors (Lipinski definition) is 1. The van der Waals surface area contributed by atoms with Crippen LogP contribution in [0.2, 0.25) is 0 Å². The van der Waals surface area contributed by atoms with E-state index in [2.05, 4.69) is 68.4 Å². The van der Waals surface area contributed by atoms with Crippen LogP contribution in [0, 0.1) is 13.8 Å². The van der Waals surface area contributed by atoms with Crippen LogP contribution in [0.25, 0.3) is 42.2 Å². The van der Waals surface area contributed by atoms with Gasteiger partial charge in [0.2, 0.25) is 0 Å². The zero-order chi connectivity index (χ0) is 21.9. The first-order valence-corrected chi connectivity index (χ1v) is 12.4. The van der Waals surface area contributed by atoms with Gasteiger partial charge in [-0.1, -0.05) is 73.4 Å². The predicted octanol–water partition coefficient (Wildman–Crippen LogP) is 8.04. The van der Waals surface area contributed by atoms with Crippen LogP contribution >= 0.6 is 11.3 Å². The van der Waals surface area contributed by atoms with E-state index in [1.165, 1.54) is 54.1 Å². The Morgan fingerprint density at radius 1 is 0.844 bits per heavy atom. The average molecular weight is 438 g/mol. The molecule has 0 atom stereocenters. The molecular weight excluding hydrogens is 410 g/mol. The third kappa shape index (κ3) is 3.07. The Labute approximate surface area is 192 Å². The van der Waals surface area contributed by atoms with E-state index >= 15 is 0 Å². The first kappa shape index (κ1) is 19.9. The summed E-state index contributed by atoms with van der Waals surface area (Å²) >= 11 is 1.85. The number of nitrogens with zero attached hydrogens (tertiary/aromatic N) is 1. The monoisotopic (exact) mass is 437 g/mol. The lowest BCUT2D eigenvalue weighted by atomic mass is 9.79. The van der Waals surface area contributed by atoms with E-state index in [-0.39, 0.29) is 0 Å². The molecule has 0 aliphatic heterocycles. The van der Waals surface area contributed by atoms with Crippen LogP contribution < -0.4 is 0 Å². The van der Waals surface area contributed by atoms with Crippen molar-refractivity contribution in [2.24, 2.45) is 0 Å². The number of aromatic nitrogens is 1. The Kier molecular flexibility index (Phi) is 4.60. The van der Waals surface area contributed by atoms with Gasteiger partial charge < -0.3 is 5.11 Å². The molecule has 0 spiro atoms. The van der Waals surface area contributed by atoms with Gasteiger partial charge in [0.1, 0.15) is 0 Å². The van der Waals surface area contributed by atoms with Crippen molar-refractivity contribution in [3.05, 3.63) is 77.5 Å². The minimum atomic E-state index is -0.666. The summed E-state index contributed by atoms with van der Waals surface area (Å²) in [5.41, 5.74) is 5.11. The first-order valence-electron chi connectivity index (χ1n) is 11.6. The first-order chi connectivity index (χ1) is 15.5. The lowest BCUT2D eigenvalue weighted by Gasteiger charge is -2.32. The van der Waals surface area contributed by atoms with Crippen LogP contribution in [0.4, 0.5) is 0 Å². The predicted molar refractivity (Wildman–Crippen MR) is 137 cm³/mol. The van der Waals surface area contributed by atoms with Gasteiger partial charge in [0, 0.05) is 27.2 Å². The van der Waals surface area contributed by atoms with E-state index in [4.69, 9.17) is 4.98 Å². The summed E-state index contributed by atoms with van der Waals surface area (Å²) < 4.78 is 2.57. The van der Waals surface area contributed by atoms with E-state index in [9.17, 15) is 5.11 Å². The van der Waals surface area contributed by atoms with E-state index < -0.39 is 5.60 Å². The van der Waals surface area contributed by atoms with Crippen LogP contribution in [-0.4, -0.2) is 10.1 Å². The highest BCUT2D eigenvalue weighted by Crippen LogP contribution is 2.44. The molecule has 2 aromatic heterocycles. The molecule has 2 heterocycles. The van der Waals surface area contributed by atoms with Crippen LogP contribution in [0.1, 0.15) is 48.8 Å². The number of thiophene rings is 1. The second kappa shape index (κ2) is 7.40. The average Bonchev–Trinajstić information content (AvgIpc) is 3.21. The van der Waals surface area contributed by atoms with Gasteiger partial charge >= 0.3 is 0 Å². The number of rotatable bonds is 2. The van der Waals surface area contributed by atoms with Crippen molar-refractivity contribution in [3.63, 3.8) is 0 Å². The van der Waals surface area contributed by atoms with E-state index in [1.807, 2.05) is 17.5 Å². The summed E-state index contributed by atoms with van der Waals surface area (Å²) in [7, 11) is 0. The van der Waals surface area contributed by atoms with Gasteiger partial charge in [0.15, 0.2) is 0 Å². The molecule has 0 amide bonds. The minimum absolute atomic E-state index is 0.666. The lowest BCUT2D eigenvalue weighted by molar-refractivity contribution is -0.000507.